The number of nitrogens with zero attached hydrogens (tertiary/aromatic N) is 4. The number of hydrogen-bond donors (Lipinski definition) is 2. The maximum atomic E-state index is 10.4. The highest BCUT2D eigenvalue weighted by atomic mass is 35.5. The molecule has 1 unspecified atom stereocenters. The van der Waals surface area contributed by atoms with E-state index in [-0.39, 0.29) is 6.54 Å². The molecule has 27 heavy (non-hydrogen) atoms. The molecule has 2 N–H and O–H groups in total. The maximum absolute atomic E-state index is 10.4. The van der Waals surface area contributed by atoms with E-state index in [9.17, 15) is 5.11 Å². The molecule has 1 aliphatic rings. The van der Waals surface area contributed by atoms with Crippen LogP contribution in [0.2, 0.25) is 5.02 Å². The largest absolute Gasteiger partial charge is 0.386 e. The lowest BCUT2D eigenvalue weighted by Gasteiger charge is -2.36. The van der Waals surface area contributed by atoms with Crippen LogP contribution in [0.1, 0.15) is 24.3 Å². The molecule has 0 saturated carbocycles. The van der Waals surface area contributed by atoms with Gasteiger partial charge in [-0.05, 0) is 13.0 Å². The number of aliphatic imine (C=N–C) groups is 1. The van der Waals surface area contributed by atoms with Crippen molar-refractivity contribution in [3.05, 3.63) is 52.9 Å². The highest BCUT2D eigenvalue weighted by molar-refractivity contribution is 6.31. The molecular weight excluding hydrogens is 366 g/mol. The molecule has 0 amide bonds. The number of aliphatic hydroxyl groups is 1. The monoisotopic (exact) mass is 391 g/mol. The lowest BCUT2D eigenvalue weighted by Crippen LogP contribution is -2.52. The van der Waals surface area contributed by atoms with E-state index in [2.05, 4.69) is 25.3 Å². The molecule has 1 atom stereocenters. The minimum atomic E-state index is -0.721. The molecule has 8 heteroatoms. The normalized spacial score (nSPS) is 17.1. The summed E-state index contributed by atoms with van der Waals surface area (Å²) < 4.78 is 4.90. The van der Waals surface area contributed by atoms with Crippen LogP contribution in [0.15, 0.2) is 46.1 Å². The van der Waals surface area contributed by atoms with Crippen molar-refractivity contribution in [2.24, 2.45) is 4.99 Å². The SMILES string of the molecule is CCNC(=NCC(O)c1ccccc1Cl)N1CCN(Cc2ccon2)CC1. The Morgan fingerprint density at radius 3 is 2.74 bits per heavy atom. The number of piperazine rings is 1. The summed E-state index contributed by atoms with van der Waals surface area (Å²) in [5.74, 6) is 0.824. The summed E-state index contributed by atoms with van der Waals surface area (Å²) in [6, 6.07) is 9.23. The minimum absolute atomic E-state index is 0.269. The fourth-order valence-corrected chi connectivity index (χ4v) is 3.37. The van der Waals surface area contributed by atoms with Crippen molar-refractivity contribution in [1.82, 2.24) is 20.3 Å². The van der Waals surface area contributed by atoms with Gasteiger partial charge < -0.3 is 19.8 Å². The van der Waals surface area contributed by atoms with Crippen LogP contribution >= 0.6 is 11.6 Å². The summed E-state index contributed by atoms with van der Waals surface area (Å²) >= 11 is 6.17. The van der Waals surface area contributed by atoms with Crippen LogP contribution in [0.5, 0.6) is 0 Å². The predicted molar refractivity (Wildman–Crippen MR) is 106 cm³/mol. The van der Waals surface area contributed by atoms with Gasteiger partial charge in [-0.25, -0.2) is 0 Å². The molecule has 0 radical (unpaired) electrons. The lowest BCUT2D eigenvalue weighted by molar-refractivity contribution is 0.166. The molecule has 7 nitrogen and oxygen atoms in total. The summed E-state index contributed by atoms with van der Waals surface area (Å²) in [4.78, 5) is 9.20. The second kappa shape index (κ2) is 9.73. The minimum Gasteiger partial charge on any atom is -0.386 e. The zero-order valence-electron chi connectivity index (χ0n) is 15.5. The van der Waals surface area contributed by atoms with E-state index in [1.54, 1.807) is 12.3 Å². The summed E-state index contributed by atoms with van der Waals surface area (Å²) in [6.45, 7) is 7.46. The Labute approximate surface area is 164 Å². The topological polar surface area (TPSA) is 77.1 Å². The van der Waals surface area contributed by atoms with Crippen LogP contribution in [-0.2, 0) is 6.54 Å². The van der Waals surface area contributed by atoms with Gasteiger partial charge in [-0.2, -0.15) is 0 Å². The zero-order valence-corrected chi connectivity index (χ0v) is 16.3. The van der Waals surface area contributed by atoms with E-state index in [1.807, 2.05) is 31.2 Å². The third-order valence-electron chi connectivity index (χ3n) is 4.56. The molecule has 0 bridgehead atoms. The molecule has 1 aromatic heterocycles. The standard InChI is InChI=1S/C19H26ClN5O2/c1-2-21-19(22-13-18(26)16-5-3-4-6-17(16)20)25-10-8-24(9-11-25)14-15-7-12-27-23-15/h3-7,12,18,26H,2,8-11,13-14H2,1H3,(H,21,22). The Morgan fingerprint density at radius 1 is 1.30 bits per heavy atom. The molecule has 146 valence electrons. The molecule has 2 aromatic rings. The van der Waals surface area contributed by atoms with E-state index in [0.717, 1.165) is 50.9 Å². The van der Waals surface area contributed by atoms with Crippen LogP contribution in [0, 0.1) is 0 Å². The highest BCUT2D eigenvalue weighted by Gasteiger charge is 2.21. The van der Waals surface area contributed by atoms with E-state index >= 15 is 0 Å². The third-order valence-corrected chi connectivity index (χ3v) is 4.91. The molecule has 1 fully saturated rings. The predicted octanol–water partition coefficient (Wildman–Crippen LogP) is 2.14. The molecular formula is C19H26ClN5O2. The molecule has 1 aromatic carbocycles. The first-order chi connectivity index (χ1) is 13.2. The number of guanidine groups is 1. The quantitative estimate of drug-likeness (QED) is 0.580. The first-order valence-electron chi connectivity index (χ1n) is 9.24. The number of aromatic nitrogens is 1. The highest BCUT2D eigenvalue weighted by Crippen LogP contribution is 2.22. The summed E-state index contributed by atoms with van der Waals surface area (Å²) in [6.07, 6.45) is 0.882. The van der Waals surface area contributed by atoms with Gasteiger partial charge in [0.15, 0.2) is 5.96 Å². The molecule has 0 spiro atoms. The van der Waals surface area contributed by atoms with Crippen molar-refractivity contribution in [3.63, 3.8) is 0 Å². The van der Waals surface area contributed by atoms with Gasteiger partial charge in [0, 0.05) is 55.9 Å². The first-order valence-corrected chi connectivity index (χ1v) is 9.62. The van der Waals surface area contributed by atoms with Gasteiger partial charge in [0.25, 0.3) is 0 Å². The fourth-order valence-electron chi connectivity index (χ4n) is 3.11. The Kier molecular flexibility index (Phi) is 7.09. The fraction of sp³-hybridized carbons (Fsp3) is 0.474. The number of halogens is 1. The summed E-state index contributed by atoms with van der Waals surface area (Å²) in [7, 11) is 0. The second-order valence-electron chi connectivity index (χ2n) is 6.49. The van der Waals surface area contributed by atoms with Gasteiger partial charge in [-0.1, -0.05) is 35.0 Å². The van der Waals surface area contributed by atoms with E-state index < -0.39 is 6.10 Å². The van der Waals surface area contributed by atoms with Crippen molar-refractivity contribution in [3.8, 4) is 0 Å². The van der Waals surface area contributed by atoms with Crippen LogP contribution in [0.3, 0.4) is 0 Å². The zero-order chi connectivity index (χ0) is 19.1. The van der Waals surface area contributed by atoms with E-state index in [4.69, 9.17) is 16.1 Å². The van der Waals surface area contributed by atoms with Gasteiger partial charge in [-0.3, -0.25) is 9.89 Å². The smallest absolute Gasteiger partial charge is 0.194 e. The third kappa shape index (κ3) is 5.45. The number of nitrogens with one attached hydrogen (secondary N) is 1. The Balaban J connectivity index is 1.57. The van der Waals surface area contributed by atoms with Gasteiger partial charge in [0.1, 0.15) is 12.4 Å². The molecule has 1 saturated heterocycles. The molecule has 0 aliphatic carbocycles. The first kappa shape index (κ1) is 19.7. The van der Waals surface area contributed by atoms with Gasteiger partial charge in [-0.15, -0.1) is 0 Å². The van der Waals surface area contributed by atoms with E-state index in [0.29, 0.717) is 10.6 Å². The van der Waals surface area contributed by atoms with E-state index in [1.165, 1.54) is 0 Å². The second-order valence-corrected chi connectivity index (χ2v) is 6.89. The van der Waals surface area contributed by atoms with Crippen molar-refractivity contribution < 1.29 is 9.63 Å². The van der Waals surface area contributed by atoms with Crippen molar-refractivity contribution in [1.29, 1.82) is 0 Å². The lowest BCUT2D eigenvalue weighted by atomic mass is 10.1. The number of aliphatic hydroxyl groups excluding tert-OH is 1. The van der Waals surface area contributed by atoms with Crippen LogP contribution < -0.4 is 5.32 Å². The van der Waals surface area contributed by atoms with Crippen LogP contribution in [0.4, 0.5) is 0 Å². The van der Waals surface area contributed by atoms with Crippen molar-refractivity contribution >= 4 is 17.6 Å². The van der Waals surface area contributed by atoms with Crippen LogP contribution in [0.25, 0.3) is 0 Å². The average molecular weight is 392 g/mol. The van der Waals surface area contributed by atoms with Gasteiger partial charge >= 0.3 is 0 Å². The Bertz CT molecular complexity index is 729. The average Bonchev–Trinajstić information content (AvgIpc) is 3.19. The number of benzene rings is 1. The summed E-state index contributed by atoms with van der Waals surface area (Å²) in [5.41, 5.74) is 1.66. The summed E-state index contributed by atoms with van der Waals surface area (Å²) in [5, 5.41) is 18.3. The number of hydrogen-bond acceptors (Lipinski definition) is 5. The van der Waals surface area contributed by atoms with Gasteiger partial charge in [0.05, 0.1) is 12.2 Å². The number of rotatable bonds is 6. The molecule has 2 heterocycles. The maximum Gasteiger partial charge on any atom is 0.194 e. The molecule has 3 rings (SSSR count). The van der Waals surface area contributed by atoms with Gasteiger partial charge in [0.2, 0.25) is 0 Å². The Morgan fingerprint density at radius 2 is 2.07 bits per heavy atom. The van der Waals surface area contributed by atoms with Crippen molar-refractivity contribution in [2.45, 2.75) is 19.6 Å². The van der Waals surface area contributed by atoms with Crippen LogP contribution in [-0.4, -0.2) is 65.3 Å². The Hall–Kier alpha value is -2.09. The molecule has 1 aliphatic heterocycles. The van der Waals surface area contributed by atoms with Crippen molar-refractivity contribution in [2.75, 3.05) is 39.3 Å².